The Hall–Kier alpha value is -1.80. The Morgan fingerprint density at radius 3 is 2.50 bits per heavy atom. The Bertz CT molecular complexity index is 537. The first-order chi connectivity index (χ1) is 8.66. The van der Waals surface area contributed by atoms with Crippen molar-refractivity contribution in [3.63, 3.8) is 0 Å². The minimum atomic E-state index is -0.116. The molecule has 0 aliphatic rings. The van der Waals surface area contributed by atoms with Gasteiger partial charge in [0.25, 0.3) is 5.91 Å². The monoisotopic (exact) mass is 259 g/mol. The Morgan fingerprint density at radius 1 is 1.11 bits per heavy atom. The highest BCUT2D eigenvalue weighted by molar-refractivity contribution is 6.20. The van der Waals surface area contributed by atoms with Gasteiger partial charge in [-0.2, -0.15) is 0 Å². The summed E-state index contributed by atoms with van der Waals surface area (Å²) in [6.45, 7) is 1.90. The van der Waals surface area contributed by atoms with Crippen molar-refractivity contribution < 1.29 is 4.79 Å². The molecule has 92 valence electrons. The van der Waals surface area contributed by atoms with Crippen LogP contribution >= 0.6 is 11.6 Å². The van der Waals surface area contributed by atoms with Gasteiger partial charge in [0.05, 0.1) is 5.38 Å². The maximum absolute atomic E-state index is 12.0. The first kappa shape index (κ1) is 12.7. The molecular formula is C15H14ClNO. The van der Waals surface area contributed by atoms with Crippen LogP contribution in [0, 0.1) is 0 Å². The predicted octanol–water partition coefficient (Wildman–Crippen LogP) is 4.24. The normalized spacial score (nSPS) is 11.9. The maximum atomic E-state index is 12.0. The molecule has 0 fully saturated rings. The van der Waals surface area contributed by atoms with Gasteiger partial charge in [-0.15, -0.1) is 11.6 Å². The van der Waals surface area contributed by atoms with Crippen LogP contribution in [0.25, 0.3) is 0 Å². The van der Waals surface area contributed by atoms with Gasteiger partial charge in [0.15, 0.2) is 0 Å². The van der Waals surface area contributed by atoms with Gasteiger partial charge in [0.1, 0.15) is 0 Å². The molecule has 0 saturated heterocycles. The summed E-state index contributed by atoms with van der Waals surface area (Å²) in [5.41, 5.74) is 2.39. The lowest BCUT2D eigenvalue weighted by atomic mass is 10.1. The molecule has 0 aromatic heterocycles. The van der Waals surface area contributed by atoms with E-state index in [0.29, 0.717) is 5.56 Å². The van der Waals surface area contributed by atoms with Gasteiger partial charge < -0.3 is 5.32 Å². The smallest absolute Gasteiger partial charge is 0.255 e. The molecule has 2 rings (SSSR count). The third kappa shape index (κ3) is 3.11. The number of alkyl halides is 1. The number of nitrogens with one attached hydrogen (secondary N) is 1. The number of carbonyl (C=O) groups is 1. The summed E-state index contributed by atoms with van der Waals surface area (Å²) in [6, 6.07) is 16.7. The molecule has 0 aliphatic heterocycles. The summed E-state index contributed by atoms with van der Waals surface area (Å²) in [5, 5.41) is 2.79. The van der Waals surface area contributed by atoms with Gasteiger partial charge in [-0.1, -0.05) is 30.3 Å². The van der Waals surface area contributed by atoms with Crippen molar-refractivity contribution in [3.05, 3.63) is 65.7 Å². The van der Waals surface area contributed by atoms with Gasteiger partial charge in [-0.3, -0.25) is 4.79 Å². The maximum Gasteiger partial charge on any atom is 0.255 e. The molecule has 0 heterocycles. The molecule has 2 aromatic carbocycles. The summed E-state index contributed by atoms with van der Waals surface area (Å²) in [6.07, 6.45) is 0. The van der Waals surface area contributed by atoms with Crippen molar-refractivity contribution in [2.75, 3.05) is 5.32 Å². The van der Waals surface area contributed by atoms with Crippen LogP contribution in [-0.2, 0) is 0 Å². The highest BCUT2D eigenvalue weighted by Crippen LogP contribution is 2.22. The molecular weight excluding hydrogens is 246 g/mol. The fourth-order valence-corrected chi connectivity index (χ4v) is 1.79. The second-order valence-corrected chi connectivity index (χ2v) is 4.72. The zero-order valence-corrected chi connectivity index (χ0v) is 10.8. The molecule has 1 N–H and O–H groups in total. The lowest BCUT2D eigenvalue weighted by Gasteiger charge is -2.08. The summed E-state index contributed by atoms with van der Waals surface area (Å²) in [7, 11) is 0. The largest absolute Gasteiger partial charge is 0.322 e. The number of hydrogen-bond acceptors (Lipinski definition) is 1. The molecule has 1 unspecified atom stereocenters. The topological polar surface area (TPSA) is 29.1 Å². The first-order valence-corrected chi connectivity index (χ1v) is 6.21. The minimum Gasteiger partial charge on any atom is -0.322 e. The molecule has 0 spiro atoms. The van der Waals surface area contributed by atoms with Crippen molar-refractivity contribution in [2.24, 2.45) is 0 Å². The second-order valence-electron chi connectivity index (χ2n) is 4.06. The van der Waals surface area contributed by atoms with Crippen molar-refractivity contribution in [1.29, 1.82) is 0 Å². The van der Waals surface area contributed by atoms with Crippen molar-refractivity contribution in [2.45, 2.75) is 12.3 Å². The number of rotatable bonds is 3. The van der Waals surface area contributed by atoms with E-state index < -0.39 is 0 Å². The highest BCUT2D eigenvalue weighted by atomic mass is 35.5. The van der Waals surface area contributed by atoms with Gasteiger partial charge in [0.2, 0.25) is 0 Å². The Morgan fingerprint density at radius 2 is 1.83 bits per heavy atom. The third-order valence-electron chi connectivity index (χ3n) is 2.64. The molecule has 2 aromatic rings. The minimum absolute atomic E-state index is 0.0708. The molecule has 3 heteroatoms. The fraction of sp³-hybridized carbons (Fsp3) is 0.133. The Kier molecular flexibility index (Phi) is 4.00. The van der Waals surface area contributed by atoms with Gasteiger partial charge in [0, 0.05) is 11.3 Å². The average molecular weight is 260 g/mol. The van der Waals surface area contributed by atoms with Crippen molar-refractivity contribution >= 4 is 23.2 Å². The molecule has 18 heavy (non-hydrogen) atoms. The van der Waals surface area contributed by atoms with Crippen molar-refractivity contribution in [1.82, 2.24) is 0 Å². The van der Waals surface area contributed by atoms with Crippen LogP contribution in [0.2, 0.25) is 0 Å². The molecule has 1 atom stereocenters. The number of carbonyl (C=O) groups excluding carboxylic acids is 1. The van der Waals surface area contributed by atoms with Crippen LogP contribution in [0.15, 0.2) is 54.6 Å². The Balaban J connectivity index is 2.15. The van der Waals surface area contributed by atoms with Crippen LogP contribution in [0.4, 0.5) is 5.69 Å². The molecule has 0 aliphatic carbocycles. The first-order valence-electron chi connectivity index (χ1n) is 5.77. The second kappa shape index (κ2) is 5.69. The van der Waals surface area contributed by atoms with E-state index in [1.165, 1.54) is 0 Å². The SMILES string of the molecule is CC(Cl)c1cccc(NC(=O)c2ccccc2)c1. The highest BCUT2D eigenvalue weighted by Gasteiger charge is 2.06. The predicted molar refractivity (Wildman–Crippen MR) is 75.1 cm³/mol. The van der Waals surface area contributed by atoms with E-state index in [1.54, 1.807) is 12.1 Å². The number of anilines is 1. The van der Waals surface area contributed by atoms with Crippen LogP contribution in [-0.4, -0.2) is 5.91 Å². The van der Waals surface area contributed by atoms with Gasteiger partial charge in [-0.25, -0.2) is 0 Å². The van der Waals surface area contributed by atoms with E-state index in [0.717, 1.165) is 11.3 Å². The zero-order valence-electron chi connectivity index (χ0n) is 10.1. The van der Waals surface area contributed by atoms with Gasteiger partial charge in [-0.05, 0) is 36.8 Å². The van der Waals surface area contributed by atoms with Crippen LogP contribution in [0.5, 0.6) is 0 Å². The molecule has 0 radical (unpaired) electrons. The summed E-state index contributed by atoms with van der Waals surface area (Å²) in [4.78, 5) is 12.0. The molecule has 0 saturated carbocycles. The Labute approximate surface area is 112 Å². The van der Waals surface area contributed by atoms with E-state index in [-0.39, 0.29) is 11.3 Å². The third-order valence-corrected chi connectivity index (χ3v) is 2.89. The quantitative estimate of drug-likeness (QED) is 0.821. The lowest BCUT2D eigenvalue weighted by molar-refractivity contribution is 0.102. The number of benzene rings is 2. The summed E-state index contributed by atoms with van der Waals surface area (Å²) < 4.78 is 0. The number of hydrogen-bond donors (Lipinski definition) is 1. The van der Waals surface area contributed by atoms with E-state index in [4.69, 9.17) is 11.6 Å². The standard InChI is InChI=1S/C15H14ClNO/c1-11(16)13-8-5-9-14(10-13)17-15(18)12-6-3-2-4-7-12/h2-11H,1H3,(H,17,18). The number of amides is 1. The summed E-state index contributed by atoms with van der Waals surface area (Å²) >= 11 is 6.02. The average Bonchev–Trinajstić information content (AvgIpc) is 2.40. The van der Waals surface area contributed by atoms with E-state index in [9.17, 15) is 4.79 Å². The zero-order chi connectivity index (χ0) is 13.0. The molecule has 0 bridgehead atoms. The van der Waals surface area contributed by atoms with Crippen LogP contribution in [0.1, 0.15) is 28.2 Å². The van der Waals surface area contributed by atoms with Crippen LogP contribution in [0.3, 0.4) is 0 Å². The van der Waals surface area contributed by atoms with Crippen LogP contribution < -0.4 is 5.32 Å². The van der Waals surface area contributed by atoms with E-state index in [1.807, 2.05) is 49.4 Å². The molecule has 1 amide bonds. The fourth-order valence-electron chi connectivity index (χ4n) is 1.66. The van der Waals surface area contributed by atoms with E-state index >= 15 is 0 Å². The lowest BCUT2D eigenvalue weighted by Crippen LogP contribution is -2.11. The summed E-state index contributed by atoms with van der Waals surface area (Å²) in [5.74, 6) is -0.116. The molecule has 2 nitrogen and oxygen atoms in total. The van der Waals surface area contributed by atoms with Crippen molar-refractivity contribution in [3.8, 4) is 0 Å². The van der Waals surface area contributed by atoms with E-state index in [2.05, 4.69) is 5.32 Å². The van der Waals surface area contributed by atoms with Gasteiger partial charge >= 0.3 is 0 Å². The number of halogens is 1.